The SMILES string of the molecule is C/C(=N\O)c1c(C2CCCNC2)nc2c(-c3cnn(C)c3)cnn2c1N. The number of fused-ring (bicyclic) bond motifs is 1. The first kappa shape index (κ1) is 16.5. The van der Waals surface area contributed by atoms with Crippen LogP contribution in [0.25, 0.3) is 16.8 Å². The van der Waals surface area contributed by atoms with Crippen LogP contribution in [0.15, 0.2) is 23.7 Å². The van der Waals surface area contributed by atoms with Crippen LogP contribution in [0.3, 0.4) is 0 Å². The molecule has 0 aromatic carbocycles. The molecule has 0 amide bonds. The van der Waals surface area contributed by atoms with Gasteiger partial charge in [-0.25, -0.2) is 4.98 Å². The summed E-state index contributed by atoms with van der Waals surface area (Å²) >= 11 is 0. The number of piperidine rings is 1. The maximum atomic E-state index is 9.34. The Labute approximate surface area is 150 Å². The third-order valence-electron chi connectivity index (χ3n) is 4.92. The smallest absolute Gasteiger partial charge is 0.165 e. The van der Waals surface area contributed by atoms with Gasteiger partial charge in [0.25, 0.3) is 0 Å². The molecule has 0 aliphatic carbocycles. The van der Waals surface area contributed by atoms with Crippen LogP contribution in [0, 0.1) is 0 Å². The zero-order chi connectivity index (χ0) is 18.3. The fraction of sp³-hybridized carbons (Fsp3) is 0.412. The normalized spacial score (nSPS) is 18.5. The molecular formula is C17H22N8O. The van der Waals surface area contributed by atoms with Crippen LogP contribution < -0.4 is 11.1 Å². The number of nitrogens with two attached hydrogens (primary N) is 1. The van der Waals surface area contributed by atoms with Crippen molar-refractivity contribution < 1.29 is 5.21 Å². The van der Waals surface area contributed by atoms with Crippen molar-refractivity contribution in [3.63, 3.8) is 0 Å². The van der Waals surface area contributed by atoms with E-state index in [1.54, 1.807) is 28.5 Å². The molecule has 0 saturated carbocycles. The number of nitrogen functional groups attached to an aromatic ring is 1. The Bertz CT molecular complexity index is 980. The van der Waals surface area contributed by atoms with E-state index >= 15 is 0 Å². The Morgan fingerprint density at radius 1 is 1.38 bits per heavy atom. The number of anilines is 1. The lowest BCUT2D eigenvalue weighted by Crippen LogP contribution is -2.30. The van der Waals surface area contributed by atoms with Gasteiger partial charge >= 0.3 is 0 Å². The number of nitrogens with one attached hydrogen (secondary N) is 1. The van der Waals surface area contributed by atoms with Gasteiger partial charge in [0, 0.05) is 36.8 Å². The molecule has 3 aromatic heterocycles. The van der Waals surface area contributed by atoms with Gasteiger partial charge in [-0.15, -0.1) is 0 Å². The molecule has 4 N–H and O–H groups in total. The lowest BCUT2D eigenvalue weighted by molar-refractivity contribution is 0.319. The zero-order valence-electron chi connectivity index (χ0n) is 14.8. The fourth-order valence-electron chi connectivity index (χ4n) is 3.60. The minimum Gasteiger partial charge on any atom is -0.411 e. The highest BCUT2D eigenvalue weighted by atomic mass is 16.4. The van der Waals surface area contributed by atoms with E-state index in [4.69, 9.17) is 10.7 Å². The van der Waals surface area contributed by atoms with Crippen molar-refractivity contribution in [2.45, 2.75) is 25.7 Å². The average Bonchev–Trinajstić information content (AvgIpc) is 3.27. The highest BCUT2D eigenvalue weighted by Crippen LogP contribution is 2.32. The molecule has 1 atom stereocenters. The predicted molar refractivity (Wildman–Crippen MR) is 98.4 cm³/mol. The molecule has 1 aliphatic heterocycles. The van der Waals surface area contributed by atoms with Gasteiger partial charge in [-0.05, 0) is 26.3 Å². The number of hydrogen-bond acceptors (Lipinski definition) is 7. The molecule has 9 nitrogen and oxygen atoms in total. The number of oxime groups is 1. The van der Waals surface area contributed by atoms with Crippen LogP contribution in [0.4, 0.5) is 5.82 Å². The average molecular weight is 354 g/mol. The number of hydrogen-bond donors (Lipinski definition) is 3. The Hall–Kier alpha value is -2.94. The maximum absolute atomic E-state index is 9.34. The Morgan fingerprint density at radius 2 is 2.23 bits per heavy atom. The molecule has 1 aliphatic rings. The van der Waals surface area contributed by atoms with E-state index in [1.807, 2.05) is 13.2 Å². The molecule has 1 saturated heterocycles. The van der Waals surface area contributed by atoms with Crippen LogP contribution in [-0.4, -0.2) is 48.4 Å². The third kappa shape index (κ3) is 2.60. The monoisotopic (exact) mass is 354 g/mol. The summed E-state index contributed by atoms with van der Waals surface area (Å²) in [7, 11) is 1.87. The zero-order valence-corrected chi connectivity index (χ0v) is 14.8. The second kappa shape index (κ2) is 6.41. The molecule has 3 aromatic rings. The standard InChI is InChI=1S/C17H22N8O/c1-10(23-26)14-15(11-4-3-5-19-6-11)22-17-13(8-21-25(17)16(14)18)12-7-20-24(2)9-12/h7-9,11,19,26H,3-6,18H2,1-2H3/b23-10+. The van der Waals surface area contributed by atoms with Crippen molar-refractivity contribution in [2.24, 2.45) is 12.2 Å². The summed E-state index contributed by atoms with van der Waals surface area (Å²) in [5, 5.41) is 24.8. The van der Waals surface area contributed by atoms with Crippen LogP contribution in [0.1, 0.15) is 36.9 Å². The molecule has 0 bridgehead atoms. The van der Waals surface area contributed by atoms with Gasteiger partial charge in [-0.2, -0.15) is 14.7 Å². The minimum atomic E-state index is 0.208. The summed E-state index contributed by atoms with van der Waals surface area (Å²) in [6.45, 7) is 3.55. The number of aryl methyl sites for hydroxylation is 1. The van der Waals surface area contributed by atoms with Gasteiger partial charge in [0.15, 0.2) is 5.65 Å². The van der Waals surface area contributed by atoms with Crippen molar-refractivity contribution in [2.75, 3.05) is 18.8 Å². The molecule has 0 spiro atoms. The fourth-order valence-corrected chi connectivity index (χ4v) is 3.60. The first-order valence-corrected chi connectivity index (χ1v) is 8.66. The predicted octanol–water partition coefficient (Wildman–Crippen LogP) is 1.38. The van der Waals surface area contributed by atoms with Gasteiger partial charge in [0.1, 0.15) is 5.82 Å². The van der Waals surface area contributed by atoms with Crippen molar-refractivity contribution in [3.05, 3.63) is 29.8 Å². The van der Waals surface area contributed by atoms with E-state index in [9.17, 15) is 5.21 Å². The van der Waals surface area contributed by atoms with Crippen LogP contribution in [0.5, 0.6) is 0 Å². The molecule has 4 rings (SSSR count). The molecule has 1 unspecified atom stereocenters. The molecule has 0 radical (unpaired) electrons. The number of aromatic nitrogens is 5. The second-order valence-electron chi connectivity index (χ2n) is 6.68. The van der Waals surface area contributed by atoms with E-state index in [0.717, 1.165) is 42.8 Å². The highest BCUT2D eigenvalue weighted by Gasteiger charge is 2.26. The van der Waals surface area contributed by atoms with Crippen molar-refractivity contribution in [1.29, 1.82) is 0 Å². The van der Waals surface area contributed by atoms with Crippen molar-refractivity contribution >= 4 is 17.2 Å². The summed E-state index contributed by atoms with van der Waals surface area (Å²) in [5.74, 6) is 0.639. The Balaban J connectivity index is 1.96. The van der Waals surface area contributed by atoms with E-state index in [0.29, 0.717) is 22.7 Å². The third-order valence-corrected chi connectivity index (χ3v) is 4.92. The minimum absolute atomic E-state index is 0.208. The van der Waals surface area contributed by atoms with E-state index in [2.05, 4.69) is 20.7 Å². The van der Waals surface area contributed by atoms with Crippen molar-refractivity contribution in [1.82, 2.24) is 29.7 Å². The molecule has 136 valence electrons. The first-order valence-electron chi connectivity index (χ1n) is 8.66. The Kier molecular flexibility index (Phi) is 4.08. The van der Waals surface area contributed by atoms with Crippen LogP contribution in [0.2, 0.25) is 0 Å². The lowest BCUT2D eigenvalue weighted by atomic mass is 9.91. The van der Waals surface area contributed by atoms with Gasteiger partial charge < -0.3 is 16.3 Å². The summed E-state index contributed by atoms with van der Waals surface area (Å²) in [6.07, 6.45) is 7.53. The summed E-state index contributed by atoms with van der Waals surface area (Å²) < 4.78 is 3.34. The summed E-state index contributed by atoms with van der Waals surface area (Å²) in [4.78, 5) is 4.93. The van der Waals surface area contributed by atoms with E-state index < -0.39 is 0 Å². The highest BCUT2D eigenvalue weighted by molar-refractivity contribution is 6.03. The second-order valence-corrected chi connectivity index (χ2v) is 6.68. The van der Waals surface area contributed by atoms with Crippen LogP contribution in [-0.2, 0) is 7.05 Å². The summed E-state index contributed by atoms with van der Waals surface area (Å²) in [5.41, 5.74) is 10.9. The molecule has 1 fully saturated rings. The van der Waals surface area contributed by atoms with Gasteiger partial charge in [0.05, 0.1) is 29.4 Å². The summed E-state index contributed by atoms with van der Waals surface area (Å²) in [6, 6.07) is 0. The quantitative estimate of drug-likeness (QED) is 0.371. The number of rotatable bonds is 3. The van der Waals surface area contributed by atoms with Gasteiger partial charge in [-0.1, -0.05) is 5.16 Å². The lowest BCUT2D eigenvalue weighted by Gasteiger charge is -2.25. The molecule has 4 heterocycles. The Morgan fingerprint density at radius 3 is 2.88 bits per heavy atom. The van der Waals surface area contributed by atoms with E-state index in [-0.39, 0.29) is 5.92 Å². The topological polar surface area (TPSA) is 119 Å². The van der Waals surface area contributed by atoms with Crippen LogP contribution >= 0.6 is 0 Å². The molecular weight excluding hydrogens is 332 g/mol. The molecule has 9 heteroatoms. The molecule has 26 heavy (non-hydrogen) atoms. The van der Waals surface area contributed by atoms with Gasteiger partial charge in [-0.3, -0.25) is 4.68 Å². The maximum Gasteiger partial charge on any atom is 0.165 e. The van der Waals surface area contributed by atoms with Gasteiger partial charge in [0.2, 0.25) is 0 Å². The number of nitrogens with zero attached hydrogens (tertiary/aromatic N) is 6. The largest absolute Gasteiger partial charge is 0.411 e. The first-order chi connectivity index (χ1) is 12.6. The van der Waals surface area contributed by atoms with E-state index in [1.165, 1.54) is 0 Å². The van der Waals surface area contributed by atoms with Crippen molar-refractivity contribution in [3.8, 4) is 11.1 Å².